The smallest absolute Gasteiger partial charge is 0.383 e. The van der Waals surface area contributed by atoms with Crippen LogP contribution in [0.25, 0.3) is 0 Å². The van der Waals surface area contributed by atoms with E-state index in [2.05, 4.69) is 4.74 Å². The van der Waals surface area contributed by atoms with Gasteiger partial charge in [-0.05, 0) is 9.34 Å². The fraction of sp³-hybridized carbons (Fsp3) is 0.800. The van der Waals surface area contributed by atoms with Crippen LogP contribution in [0.1, 0.15) is 6.92 Å². The number of methoxy groups -OCH3 is 1. The third-order valence-corrected chi connectivity index (χ3v) is 1.54. The molecule has 0 aromatic rings. The van der Waals surface area contributed by atoms with Crippen LogP contribution in [-0.2, 0) is 9.53 Å². The van der Waals surface area contributed by atoms with Gasteiger partial charge in [0.15, 0.2) is 5.34 Å². The Morgan fingerprint density at radius 3 is 2.50 bits per heavy atom. The van der Waals surface area contributed by atoms with Gasteiger partial charge in [0.1, 0.15) is 6.54 Å². The lowest BCUT2D eigenvalue weighted by Gasteiger charge is -2.20. The molecule has 0 saturated heterocycles. The van der Waals surface area contributed by atoms with Gasteiger partial charge in [0.2, 0.25) is 0 Å². The molecular weight excluding hydrogens is 207 g/mol. The van der Waals surface area contributed by atoms with Crippen molar-refractivity contribution in [2.45, 2.75) is 12.5 Å². The second-order valence-electron chi connectivity index (χ2n) is 2.58. The van der Waals surface area contributed by atoms with Gasteiger partial charge in [-0.1, -0.05) is 0 Å². The van der Waals surface area contributed by atoms with Gasteiger partial charge in [0.05, 0.1) is 7.11 Å². The van der Waals surface area contributed by atoms with Crippen molar-refractivity contribution < 1.29 is 27.8 Å². The van der Waals surface area contributed by atoms with Crippen molar-refractivity contribution in [3.05, 3.63) is 5.21 Å². The second-order valence-corrected chi connectivity index (χ2v) is 2.58. The molecule has 1 atom stereocenters. The summed E-state index contributed by atoms with van der Waals surface area (Å²) in [4.78, 5) is 10.1. The van der Waals surface area contributed by atoms with E-state index in [1.54, 1.807) is 5.34 Å². The number of esters is 1. The molecular formula is C5H8F3N3O3. The molecule has 0 fully saturated rings. The molecule has 9 heteroatoms. The molecule has 0 bridgehead atoms. The summed E-state index contributed by atoms with van der Waals surface area (Å²) in [6.45, 7) is -0.544. The first-order chi connectivity index (χ1) is 6.38. The van der Waals surface area contributed by atoms with Crippen molar-refractivity contribution >= 4 is 5.97 Å². The molecule has 0 rings (SSSR count). The van der Waals surface area contributed by atoms with Gasteiger partial charge in [-0.25, -0.2) is 4.79 Å². The lowest BCUT2D eigenvalue weighted by molar-refractivity contribution is -0.612. The topological polar surface area (TPSA) is 68.0 Å². The second kappa shape index (κ2) is 4.74. The molecule has 0 spiro atoms. The van der Waals surface area contributed by atoms with E-state index in [4.69, 9.17) is 0 Å². The Bertz CT molecular complexity index is 248. The summed E-state index contributed by atoms with van der Waals surface area (Å²) in [5.41, 5.74) is -2.41. The van der Waals surface area contributed by atoms with Crippen molar-refractivity contribution in [2.75, 3.05) is 13.7 Å². The van der Waals surface area contributed by atoms with Crippen molar-refractivity contribution in [1.82, 2.24) is 5.34 Å². The highest BCUT2D eigenvalue weighted by Gasteiger charge is 2.48. The summed E-state index contributed by atoms with van der Waals surface area (Å²) >= 11 is 0. The van der Waals surface area contributed by atoms with Crippen LogP contribution in [0.4, 0.5) is 13.4 Å². The fourth-order valence-electron chi connectivity index (χ4n) is 0.739. The first kappa shape index (κ1) is 12.6. The first-order valence-electron chi connectivity index (χ1n) is 3.35. The highest BCUT2D eigenvalue weighted by Crippen LogP contribution is 2.15. The zero-order valence-corrected chi connectivity index (χ0v) is 7.41. The molecule has 82 valence electrons. The van der Waals surface area contributed by atoms with Crippen LogP contribution in [0, 0.1) is 5.21 Å². The number of carbonyl (C=O) groups is 1. The van der Waals surface area contributed by atoms with E-state index >= 15 is 0 Å². The lowest BCUT2D eigenvalue weighted by atomic mass is 10.0. The molecule has 0 heterocycles. The zero-order chi connectivity index (χ0) is 11.4. The van der Waals surface area contributed by atoms with E-state index in [1.807, 2.05) is 0 Å². The Balaban J connectivity index is 4.94. The van der Waals surface area contributed by atoms with Gasteiger partial charge in [0.25, 0.3) is 0 Å². The third kappa shape index (κ3) is 2.55. The number of ether oxygens (including phenoxy) is 1. The molecule has 0 aliphatic heterocycles. The molecule has 0 aliphatic carbocycles. The highest BCUT2D eigenvalue weighted by molar-refractivity contribution is 5.78. The van der Waals surface area contributed by atoms with Crippen molar-refractivity contribution in [3.8, 4) is 0 Å². The van der Waals surface area contributed by atoms with E-state index in [1.165, 1.54) is 0 Å². The van der Waals surface area contributed by atoms with Crippen LogP contribution < -0.4 is 0 Å². The van der Waals surface area contributed by atoms with E-state index in [0.717, 1.165) is 14.0 Å². The number of carbonyl (C=O) groups excluding carboxylic acids is 1. The van der Waals surface area contributed by atoms with Crippen molar-refractivity contribution in [1.29, 1.82) is 0 Å². The monoisotopic (exact) mass is 215 g/mol. The minimum absolute atomic E-state index is 0.773. The number of hydrogen-bond acceptors (Lipinski definition) is 5. The molecule has 0 aromatic carbocycles. The SMILES string of the molecule is COC(=O)C(C)(CN(F)F)[N+]([O-])=NF. The average molecular weight is 215 g/mol. The summed E-state index contributed by atoms with van der Waals surface area (Å²) in [6, 6.07) is 0. The van der Waals surface area contributed by atoms with Gasteiger partial charge in [-0.3, -0.25) is 0 Å². The summed E-state index contributed by atoms with van der Waals surface area (Å²) in [7, 11) is 0.882. The van der Waals surface area contributed by atoms with E-state index in [9.17, 15) is 23.4 Å². The molecule has 0 radical (unpaired) electrons. The standard InChI is InChI=1S/C5H8F3N3O3/c1-5(3-10(7)8,4(12)14-2)11(13)9-6/h3H2,1-2H3. The fourth-order valence-corrected chi connectivity index (χ4v) is 0.739. The van der Waals surface area contributed by atoms with E-state index in [0.29, 0.717) is 0 Å². The van der Waals surface area contributed by atoms with Crippen LogP contribution >= 0.6 is 0 Å². The molecule has 0 aliphatic rings. The normalized spacial score (nSPS) is 16.6. The Labute approximate surface area is 76.9 Å². The summed E-state index contributed by atoms with van der Waals surface area (Å²) < 4.78 is 39.3. The van der Waals surface area contributed by atoms with Crippen LogP contribution in [0.15, 0.2) is 5.34 Å². The van der Waals surface area contributed by atoms with Crippen LogP contribution in [-0.4, -0.2) is 35.4 Å². The van der Waals surface area contributed by atoms with Gasteiger partial charge >= 0.3 is 11.5 Å². The molecule has 0 amide bonds. The van der Waals surface area contributed by atoms with E-state index < -0.39 is 28.3 Å². The van der Waals surface area contributed by atoms with Crippen LogP contribution in [0.2, 0.25) is 0 Å². The number of halogens is 3. The molecule has 1 unspecified atom stereocenters. The summed E-state index contributed by atoms with van der Waals surface area (Å²) in [5.74, 6) is -1.31. The maximum atomic E-state index is 11.8. The Morgan fingerprint density at radius 2 is 2.21 bits per heavy atom. The Kier molecular flexibility index (Phi) is 4.28. The van der Waals surface area contributed by atoms with Gasteiger partial charge in [-0.15, -0.1) is 8.96 Å². The maximum absolute atomic E-state index is 11.8. The molecule has 0 N–H and O–H groups in total. The highest BCUT2D eigenvalue weighted by atomic mass is 19.4. The largest absolute Gasteiger partial charge is 0.597 e. The molecule has 14 heavy (non-hydrogen) atoms. The van der Waals surface area contributed by atoms with E-state index in [-0.39, 0.29) is 0 Å². The van der Waals surface area contributed by atoms with Gasteiger partial charge in [0, 0.05) is 12.3 Å². The molecule has 0 saturated carbocycles. The molecule has 6 nitrogen and oxygen atoms in total. The minimum Gasteiger partial charge on any atom is -0.597 e. The Hall–Kier alpha value is -1.38. The van der Waals surface area contributed by atoms with Crippen molar-refractivity contribution in [2.24, 2.45) is 5.34 Å². The number of rotatable bonds is 4. The van der Waals surface area contributed by atoms with Crippen LogP contribution in [0.3, 0.4) is 0 Å². The summed E-state index contributed by atoms with van der Waals surface area (Å²) in [5, 5.41) is 10.8. The summed E-state index contributed by atoms with van der Waals surface area (Å²) in [6.07, 6.45) is 0. The minimum atomic E-state index is -2.41. The lowest BCUT2D eigenvalue weighted by Crippen LogP contribution is -2.50. The van der Waals surface area contributed by atoms with Gasteiger partial charge in [-0.2, -0.15) is 0 Å². The Morgan fingerprint density at radius 1 is 1.71 bits per heavy atom. The quantitative estimate of drug-likeness (QED) is 0.229. The van der Waals surface area contributed by atoms with Crippen LogP contribution in [0.5, 0.6) is 0 Å². The predicted octanol–water partition coefficient (Wildman–Crippen LogP) is 0.836. The average Bonchev–Trinajstić information content (AvgIpc) is 2.13. The first-order valence-corrected chi connectivity index (χ1v) is 3.35. The number of hydroxylamine groups is 1. The maximum Gasteiger partial charge on any atom is 0.383 e. The van der Waals surface area contributed by atoms with Gasteiger partial charge < -0.3 is 9.94 Å². The predicted molar refractivity (Wildman–Crippen MR) is 36.5 cm³/mol. The number of hydrogen-bond donors (Lipinski definition) is 0. The van der Waals surface area contributed by atoms with Crippen molar-refractivity contribution in [3.63, 3.8) is 0 Å². The third-order valence-electron chi connectivity index (χ3n) is 1.54. The zero-order valence-electron chi connectivity index (χ0n) is 7.41. The molecule has 0 aromatic heterocycles. The number of nitrogens with zero attached hydrogens (tertiary/aromatic N) is 3.